The Morgan fingerprint density at radius 2 is 1.85 bits per heavy atom. The average molecular weight is 474 g/mol. The molecule has 3 heterocycles. The highest BCUT2D eigenvalue weighted by atomic mass is 32.2. The summed E-state index contributed by atoms with van der Waals surface area (Å²) in [5.41, 5.74) is 1.32. The molecule has 0 radical (unpaired) electrons. The molecule has 1 aromatic carbocycles. The first kappa shape index (κ1) is 23.9. The standard InChI is InChI=1S/C24H35N5O3S/c1-19-26-23(18-27(19)2)33(31,32)29-13-10-22(11-14-29)24(30)25-15-21-9-6-12-28(17-21)16-20-7-4-3-5-8-20/h3-5,7-8,18,21-22H,6,9-17H2,1-2H3,(H,25,30). The molecular formula is C24H35N5O3S. The number of nitrogens with zero attached hydrogens (tertiary/aromatic N) is 4. The van der Waals surface area contributed by atoms with Gasteiger partial charge in [-0.05, 0) is 50.6 Å². The van der Waals surface area contributed by atoms with Gasteiger partial charge in [0, 0.05) is 51.9 Å². The highest BCUT2D eigenvalue weighted by Gasteiger charge is 2.33. The summed E-state index contributed by atoms with van der Waals surface area (Å²) in [6.07, 6.45) is 4.92. The Balaban J connectivity index is 1.23. The lowest BCUT2D eigenvalue weighted by molar-refractivity contribution is -0.126. The van der Waals surface area contributed by atoms with Crippen molar-refractivity contribution in [3.05, 3.63) is 47.9 Å². The lowest BCUT2D eigenvalue weighted by atomic mass is 9.95. The fourth-order valence-corrected chi connectivity index (χ4v) is 6.33. The summed E-state index contributed by atoms with van der Waals surface area (Å²) in [5, 5.41) is 3.24. The largest absolute Gasteiger partial charge is 0.356 e. The van der Waals surface area contributed by atoms with Gasteiger partial charge in [0.1, 0.15) is 5.82 Å². The first-order chi connectivity index (χ1) is 15.8. The molecule has 1 atom stereocenters. The summed E-state index contributed by atoms with van der Waals surface area (Å²) in [4.78, 5) is 19.4. The summed E-state index contributed by atoms with van der Waals surface area (Å²) in [6.45, 7) is 6.22. The number of aryl methyl sites for hydroxylation is 2. The predicted octanol–water partition coefficient (Wildman–Crippen LogP) is 2.16. The van der Waals surface area contributed by atoms with E-state index in [1.807, 2.05) is 6.07 Å². The van der Waals surface area contributed by atoms with Gasteiger partial charge in [-0.1, -0.05) is 30.3 Å². The Bertz CT molecular complexity index is 1030. The van der Waals surface area contributed by atoms with Crippen LogP contribution in [0.25, 0.3) is 0 Å². The number of benzene rings is 1. The van der Waals surface area contributed by atoms with E-state index in [0.29, 0.717) is 44.2 Å². The molecule has 0 aliphatic carbocycles. The van der Waals surface area contributed by atoms with Crippen molar-refractivity contribution in [1.82, 2.24) is 24.1 Å². The molecule has 180 valence electrons. The lowest BCUT2D eigenvalue weighted by Gasteiger charge is -2.34. The number of hydrogen-bond acceptors (Lipinski definition) is 5. The highest BCUT2D eigenvalue weighted by Crippen LogP contribution is 2.24. The number of piperidine rings is 2. The van der Waals surface area contributed by atoms with Crippen LogP contribution in [0.1, 0.15) is 37.1 Å². The highest BCUT2D eigenvalue weighted by molar-refractivity contribution is 7.89. The lowest BCUT2D eigenvalue weighted by Crippen LogP contribution is -2.45. The van der Waals surface area contributed by atoms with Crippen molar-refractivity contribution in [2.24, 2.45) is 18.9 Å². The van der Waals surface area contributed by atoms with Crippen LogP contribution in [0, 0.1) is 18.8 Å². The minimum atomic E-state index is -3.61. The van der Waals surface area contributed by atoms with Crippen LogP contribution in [0.5, 0.6) is 0 Å². The van der Waals surface area contributed by atoms with Gasteiger partial charge >= 0.3 is 0 Å². The van der Waals surface area contributed by atoms with Crippen LogP contribution in [0.2, 0.25) is 0 Å². The minimum Gasteiger partial charge on any atom is -0.356 e. The number of imidazole rings is 1. The van der Waals surface area contributed by atoms with E-state index >= 15 is 0 Å². The van der Waals surface area contributed by atoms with Gasteiger partial charge in [0.2, 0.25) is 5.91 Å². The number of rotatable bonds is 7. The number of carbonyl (C=O) groups is 1. The van der Waals surface area contributed by atoms with E-state index in [1.165, 1.54) is 9.87 Å². The molecule has 1 unspecified atom stereocenters. The summed E-state index contributed by atoms with van der Waals surface area (Å²) in [7, 11) is -1.83. The summed E-state index contributed by atoms with van der Waals surface area (Å²) in [6, 6.07) is 10.5. The van der Waals surface area contributed by atoms with Gasteiger partial charge in [-0.2, -0.15) is 4.31 Å². The molecule has 1 amide bonds. The Morgan fingerprint density at radius 3 is 2.52 bits per heavy atom. The number of likely N-dealkylation sites (tertiary alicyclic amines) is 1. The number of carbonyl (C=O) groups excluding carboxylic acids is 1. The third-order valence-electron chi connectivity index (χ3n) is 6.93. The Morgan fingerprint density at radius 1 is 1.12 bits per heavy atom. The maximum Gasteiger partial charge on any atom is 0.262 e. The third-order valence-corrected chi connectivity index (χ3v) is 8.70. The summed E-state index contributed by atoms with van der Waals surface area (Å²) >= 11 is 0. The second-order valence-electron chi connectivity index (χ2n) is 9.39. The zero-order valence-electron chi connectivity index (χ0n) is 19.6. The van der Waals surface area contributed by atoms with Crippen molar-refractivity contribution in [3.8, 4) is 0 Å². The smallest absolute Gasteiger partial charge is 0.262 e. The molecule has 4 rings (SSSR count). The molecule has 1 aromatic heterocycles. The van der Waals surface area contributed by atoms with Crippen LogP contribution < -0.4 is 5.32 Å². The number of hydrogen-bond donors (Lipinski definition) is 1. The van der Waals surface area contributed by atoms with Crippen molar-refractivity contribution in [2.75, 3.05) is 32.7 Å². The quantitative estimate of drug-likeness (QED) is 0.666. The van der Waals surface area contributed by atoms with Crippen molar-refractivity contribution in [3.63, 3.8) is 0 Å². The zero-order chi connectivity index (χ0) is 23.4. The van der Waals surface area contributed by atoms with Crippen LogP contribution in [0.15, 0.2) is 41.6 Å². The van der Waals surface area contributed by atoms with E-state index in [0.717, 1.165) is 32.5 Å². The van der Waals surface area contributed by atoms with Crippen molar-refractivity contribution >= 4 is 15.9 Å². The Kier molecular flexibility index (Phi) is 7.51. The van der Waals surface area contributed by atoms with E-state index < -0.39 is 10.0 Å². The van der Waals surface area contributed by atoms with E-state index in [-0.39, 0.29) is 16.9 Å². The molecule has 33 heavy (non-hydrogen) atoms. The van der Waals surface area contributed by atoms with E-state index in [9.17, 15) is 13.2 Å². The number of sulfonamides is 1. The fourth-order valence-electron chi connectivity index (χ4n) is 4.83. The van der Waals surface area contributed by atoms with Crippen LogP contribution in [0.4, 0.5) is 0 Å². The minimum absolute atomic E-state index is 0.0564. The van der Waals surface area contributed by atoms with Crippen molar-refractivity contribution < 1.29 is 13.2 Å². The van der Waals surface area contributed by atoms with Crippen molar-refractivity contribution in [2.45, 2.75) is 44.2 Å². The SMILES string of the molecule is Cc1nc(S(=O)(=O)N2CCC(C(=O)NCC3CCCN(Cc4ccccc4)C3)CC2)cn1C. The maximum atomic E-state index is 12.9. The molecule has 8 nitrogen and oxygen atoms in total. The molecule has 2 aliphatic rings. The summed E-state index contributed by atoms with van der Waals surface area (Å²) in [5.74, 6) is 1.04. The Labute approximate surface area is 197 Å². The zero-order valence-corrected chi connectivity index (χ0v) is 20.4. The van der Waals surface area contributed by atoms with Crippen LogP contribution in [-0.4, -0.2) is 65.8 Å². The van der Waals surface area contributed by atoms with Gasteiger partial charge in [0.05, 0.1) is 0 Å². The first-order valence-electron chi connectivity index (χ1n) is 11.9. The van der Waals surface area contributed by atoms with Crippen molar-refractivity contribution in [1.29, 1.82) is 0 Å². The third kappa shape index (κ3) is 5.83. The molecule has 2 aromatic rings. The fraction of sp³-hybridized carbons (Fsp3) is 0.583. The Hall–Kier alpha value is -2.23. The van der Waals surface area contributed by atoms with Gasteiger partial charge in [0.15, 0.2) is 5.03 Å². The predicted molar refractivity (Wildman–Crippen MR) is 127 cm³/mol. The maximum absolute atomic E-state index is 12.9. The molecule has 2 aliphatic heterocycles. The second-order valence-corrected chi connectivity index (χ2v) is 11.3. The normalized spacial score (nSPS) is 21.2. The molecule has 0 bridgehead atoms. The topological polar surface area (TPSA) is 87.5 Å². The molecule has 0 spiro atoms. The molecule has 9 heteroatoms. The molecule has 2 fully saturated rings. The molecular weight excluding hydrogens is 438 g/mol. The second kappa shape index (κ2) is 10.4. The van der Waals surface area contributed by atoms with Gasteiger partial charge in [-0.15, -0.1) is 0 Å². The van der Waals surface area contributed by atoms with Crippen LogP contribution in [-0.2, 0) is 28.4 Å². The van der Waals surface area contributed by atoms with E-state index in [1.54, 1.807) is 24.7 Å². The number of nitrogens with one attached hydrogen (secondary N) is 1. The van der Waals surface area contributed by atoms with Gasteiger partial charge in [-0.3, -0.25) is 9.69 Å². The van der Waals surface area contributed by atoms with Crippen LogP contribution in [0.3, 0.4) is 0 Å². The van der Waals surface area contributed by atoms with E-state index in [2.05, 4.69) is 39.5 Å². The molecule has 1 N–H and O–H groups in total. The van der Waals surface area contributed by atoms with Gasteiger partial charge in [0.25, 0.3) is 10.0 Å². The number of aromatic nitrogens is 2. The van der Waals surface area contributed by atoms with Crippen LogP contribution >= 0.6 is 0 Å². The summed E-state index contributed by atoms with van der Waals surface area (Å²) < 4.78 is 28.9. The first-order valence-corrected chi connectivity index (χ1v) is 13.3. The molecule has 0 saturated carbocycles. The van der Waals surface area contributed by atoms with Gasteiger partial charge < -0.3 is 9.88 Å². The van der Waals surface area contributed by atoms with Gasteiger partial charge in [-0.25, -0.2) is 13.4 Å². The van der Waals surface area contributed by atoms with E-state index in [4.69, 9.17) is 0 Å². The number of amides is 1. The monoisotopic (exact) mass is 473 g/mol. The molecule has 2 saturated heterocycles. The average Bonchev–Trinajstić information content (AvgIpc) is 3.17.